The first-order valence-electron chi connectivity index (χ1n) is 7.77. The van der Waals surface area contributed by atoms with Crippen molar-refractivity contribution in [1.29, 1.82) is 0 Å². The largest absolute Gasteiger partial charge is 0.493 e. The highest BCUT2D eigenvalue weighted by Gasteiger charge is 2.19. The number of benzene rings is 2. The van der Waals surface area contributed by atoms with Crippen molar-refractivity contribution in [3.8, 4) is 11.5 Å². The van der Waals surface area contributed by atoms with Gasteiger partial charge in [-0.25, -0.2) is 4.79 Å². The lowest BCUT2D eigenvalue weighted by Crippen LogP contribution is -2.16. The third-order valence-electron chi connectivity index (χ3n) is 3.69. The van der Waals surface area contributed by atoms with Crippen molar-refractivity contribution < 1.29 is 23.8 Å². The lowest BCUT2D eigenvalue weighted by molar-refractivity contribution is -0.116. The van der Waals surface area contributed by atoms with Crippen LogP contribution in [0.15, 0.2) is 42.5 Å². The van der Waals surface area contributed by atoms with E-state index in [4.69, 9.17) is 14.2 Å². The molecule has 6 heteroatoms. The van der Waals surface area contributed by atoms with Crippen molar-refractivity contribution >= 4 is 17.6 Å². The summed E-state index contributed by atoms with van der Waals surface area (Å²) in [7, 11) is 4.23. The van der Waals surface area contributed by atoms with E-state index in [1.165, 1.54) is 27.4 Å². The first kappa shape index (κ1) is 18.3. The van der Waals surface area contributed by atoms with Crippen molar-refractivity contribution in [2.24, 2.45) is 0 Å². The molecule has 6 nitrogen and oxygen atoms in total. The van der Waals surface area contributed by atoms with E-state index >= 15 is 0 Å². The maximum absolute atomic E-state index is 12.3. The Labute approximate surface area is 146 Å². The summed E-state index contributed by atoms with van der Waals surface area (Å²) in [5.74, 6) is 0.0132. The monoisotopic (exact) mass is 343 g/mol. The summed E-state index contributed by atoms with van der Waals surface area (Å²) < 4.78 is 15.2. The van der Waals surface area contributed by atoms with Crippen molar-refractivity contribution in [3.63, 3.8) is 0 Å². The van der Waals surface area contributed by atoms with Gasteiger partial charge >= 0.3 is 5.97 Å². The number of ether oxygens (including phenoxy) is 3. The summed E-state index contributed by atoms with van der Waals surface area (Å²) in [5, 5.41) is 2.75. The fourth-order valence-electron chi connectivity index (χ4n) is 2.38. The van der Waals surface area contributed by atoms with Crippen molar-refractivity contribution in [2.45, 2.75) is 12.8 Å². The van der Waals surface area contributed by atoms with E-state index in [2.05, 4.69) is 5.32 Å². The average molecular weight is 343 g/mol. The van der Waals surface area contributed by atoms with Gasteiger partial charge in [-0.15, -0.1) is 0 Å². The number of hydrogen-bond donors (Lipinski definition) is 1. The summed E-state index contributed by atoms with van der Waals surface area (Å²) >= 11 is 0. The molecule has 0 aliphatic rings. The second-order valence-electron chi connectivity index (χ2n) is 5.28. The molecule has 132 valence electrons. The Balaban J connectivity index is 2.18. The van der Waals surface area contributed by atoms with Crippen molar-refractivity contribution in [2.75, 3.05) is 26.6 Å². The molecule has 2 rings (SSSR count). The first-order valence-corrected chi connectivity index (χ1v) is 7.77. The standard InChI is InChI=1S/C19H21NO5/c1-23-16-11-14(19(22)25-3)15(12-17(16)24-2)20-18(21)10-9-13-7-5-4-6-8-13/h4-8,11-12H,9-10H2,1-3H3,(H,20,21). The van der Waals surface area contributed by atoms with Crippen LogP contribution in [0.3, 0.4) is 0 Å². The van der Waals surface area contributed by atoms with Crippen LogP contribution in [0.5, 0.6) is 11.5 Å². The molecule has 0 bridgehead atoms. The molecular formula is C19H21NO5. The topological polar surface area (TPSA) is 73.9 Å². The number of carbonyl (C=O) groups is 2. The number of nitrogens with one attached hydrogen (secondary N) is 1. The van der Waals surface area contributed by atoms with Crippen molar-refractivity contribution in [3.05, 3.63) is 53.6 Å². The van der Waals surface area contributed by atoms with Crippen LogP contribution in [0.25, 0.3) is 0 Å². The molecule has 0 heterocycles. The number of esters is 1. The van der Waals surface area contributed by atoms with Crippen molar-refractivity contribution in [1.82, 2.24) is 0 Å². The molecule has 0 fully saturated rings. The van der Waals surface area contributed by atoms with E-state index < -0.39 is 5.97 Å². The minimum absolute atomic E-state index is 0.202. The highest BCUT2D eigenvalue weighted by Crippen LogP contribution is 2.33. The van der Waals surface area contributed by atoms with E-state index in [-0.39, 0.29) is 11.5 Å². The van der Waals surface area contributed by atoms with E-state index in [0.717, 1.165) is 5.56 Å². The Bertz CT molecular complexity index is 743. The summed E-state index contributed by atoms with van der Waals surface area (Å²) in [5.41, 5.74) is 1.59. The zero-order chi connectivity index (χ0) is 18.2. The fourth-order valence-corrected chi connectivity index (χ4v) is 2.38. The summed E-state index contributed by atoms with van der Waals surface area (Å²) in [6, 6.07) is 12.7. The van der Waals surface area contributed by atoms with Gasteiger partial charge in [0.25, 0.3) is 0 Å². The molecular weight excluding hydrogens is 322 g/mol. The van der Waals surface area contributed by atoms with Crippen LogP contribution in [0.2, 0.25) is 0 Å². The Kier molecular flexibility index (Phi) is 6.39. The highest BCUT2D eigenvalue weighted by molar-refractivity contribution is 6.02. The number of anilines is 1. The van der Waals surface area contributed by atoms with Crippen LogP contribution >= 0.6 is 0 Å². The van der Waals surface area contributed by atoms with Crippen LogP contribution in [-0.2, 0) is 16.0 Å². The van der Waals surface area contributed by atoms with Crippen LogP contribution in [0.4, 0.5) is 5.69 Å². The maximum Gasteiger partial charge on any atom is 0.340 e. The molecule has 0 saturated carbocycles. The molecule has 0 aromatic heterocycles. The summed E-state index contributed by atoms with van der Waals surface area (Å²) in [4.78, 5) is 24.3. The zero-order valence-corrected chi connectivity index (χ0v) is 14.5. The molecule has 0 atom stereocenters. The van der Waals surface area contributed by atoms with Crippen LogP contribution < -0.4 is 14.8 Å². The second kappa shape index (κ2) is 8.73. The Morgan fingerprint density at radius 2 is 1.60 bits per heavy atom. The Hall–Kier alpha value is -3.02. The lowest BCUT2D eigenvalue weighted by Gasteiger charge is -2.14. The third kappa shape index (κ3) is 4.73. The van der Waals surface area contributed by atoms with Gasteiger partial charge in [0.2, 0.25) is 5.91 Å². The van der Waals surface area contributed by atoms with Gasteiger partial charge in [0.15, 0.2) is 11.5 Å². The molecule has 1 N–H and O–H groups in total. The zero-order valence-electron chi connectivity index (χ0n) is 14.5. The SMILES string of the molecule is COC(=O)c1cc(OC)c(OC)cc1NC(=O)CCc1ccccc1. The predicted octanol–water partition coefficient (Wildman–Crippen LogP) is 3.06. The van der Waals surface area contributed by atoms with E-state index in [9.17, 15) is 9.59 Å². The van der Waals surface area contributed by atoms with Crippen LogP contribution in [-0.4, -0.2) is 33.2 Å². The lowest BCUT2D eigenvalue weighted by atomic mass is 10.1. The molecule has 0 unspecified atom stereocenters. The molecule has 2 aromatic rings. The highest BCUT2D eigenvalue weighted by atomic mass is 16.5. The van der Waals surface area contributed by atoms with Gasteiger partial charge < -0.3 is 19.5 Å². The maximum atomic E-state index is 12.3. The second-order valence-corrected chi connectivity index (χ2v) is 5.28. The molecule has 0 aliphatic heterocycles. The number of amides is 1. The molecule has 0 aliphatic carbocycles. The molecule has 2 aromatic carbocycles. The minimum atomic E-state index is -0.570. The number of carbonyl (C=O) groups excluding carboxylic acids is 2. The van der Waals surface area contributed by atoms with Gasteiger partial charge in [-0.05, 0) is 12.0 Å². The summed E-state index contributed by atoms with van der Waals surface area (Å²) in [6.07, 6.45) is 0.895. The molecule has 0 radical (unpaired) electrons. The summed E-state index contributed by atoms with van der Waals surface area (Å²) in [6.45, 7) is 0. The normalized spacial score (nSPS) is 10.0. The van der Waals surface area contributed by atoms with Gasteiger partial charge in [-0.1, -0.05) is 30.3 Å². The molecule has 0 saturated heterocycles. The minimum Gasteiger partial charge on any atom is -0.493 e. The van der Waals surface area contributed by atoms with Gasteiger partial charge in [0.1, 0.15) is 0 Å². The number of rotatable bonds is 7. The molecule has 25 heavy (non-hydrogen) atoms. The number of methoxy groups -OCH3 is 3. The van der Waals surface area contributed by atoms with Gasteiger partial charge in [0, 0.05) is 18.6 Å². The predicted molar refractivity (Wildman–Crippen MR) is 94.3 cm³/mol. The number of aryl methyl sites for hydroxylation is 1. The molecule has 0 spiro atoms. The van der Waals surface area contributed by atoms with Gasteiger partial charge in [-0.2, -0.15) is 0 Å². The fraction of sp³-hybridized carbons (Fsp3) is 0.263. The van der Waals surface area contributed by atoms with Crippen LogP contribution in [0, 0.1) is 0 Å². The molecule has 1 amide bonds. The van der Waals surface area contributed by atoms with Gasteiger partial charge in [-0.3, -0.25) is 4.79 Å². The third-order valence-corrected chi connectivity index (χ3v) is 3.69. The van der Waals surface area contributed by atoms with E-state index in [0.29, 0.717) is 30.0 Å². The smallest absolute Gasteiger partial charge is 0.340 e. The van der Waals surface area contributed by atoms with E-state index in [1.54, 1.807) is 6.07 Å². The average Bonchev–Trinajstić information content (AvgIpc) is 2.66. The Morgan fingerprint density at radius 3 is 2.20 bits per heavy atom. The van der Waals surface area contributed by atoms with Crippen LogP contribution in [0.1, 0.15) is 22.3 Å². The Morgan fingerprint density at radius 1 is 0.960 bits per heavy atom. The van der Waals surface area contributed by atoms with Gasteiger partial charge in [0.05, 0.1) is 32.6 Å². The number of hydrogen-bond acceptors (Lipinski definition) is 5. The quantitative estimate of drug-likeness (QED) is 0.782. The first-order chi connectivity index (χ1) is 12.1. The van der Waals surface area contributed by atoms with E-state index in [1.807, 2.05) is 30.3 Å².